The van der Waals surface area contributed by atoms with Crippen LogP contribution in [0, 0.1) is 10.1 Å². The van der Waals surface area contributed by atoms with Crippen molar-refractivity contribution < 1.29 is 27.6 Å². The summed E-state index contributed by atoms with van der Waals surface area (Å²) in [4.78, 5) is 22.8. The van der Waals surface area contributed by atoms with Crippen molar-refractivity contribution >= 4 is 28.1 Å². The number of alkyl halides is 3. The largest absolute Gasteiger partial charge is 0.497 e. The third-order valence-corrected chi connectivity index (χ3v) is 4.48. The van der Waals surface area contributed by atoms with E-state index in [1.54, 1.807) is 24.3 Å². The molecule has 0 aliphatic carbocycles. The van der Waals surface area contributed by atoms with Gasteiger partial charge in [0.05, 0.1) is 28.8 Å². The van der Waals surface area contributed by atoms with Crippen LogP contribution in [0.3, 0.4) is 0 Å². The third kappa shape index (κ3) is 3.46. The number of methoxy groups -OCH3 is 1. The number of carbonyl (C=O) groups excluding carboxylic acids is 1. The number of ether oxygens (including phenoxy) is 1. The lowest BCUT2D eigenvalue weighted by molar-refractivity contribution is -0.384. The quantitative estimate of drug-likeness (QED) is 0.427. The van der Waals surface area contributed by atoms with Crippen molar-refractivity contribution in [1.29, 1.82) is 0 Å². The van der Waals surface area contributed by atoms with Gasteiger partial charge in [-0.2, -0.15) is 13.2 Å². The number of aromatic nitrogens is 1. The van der Waals surface area contributed by atoms with Crippen LogP contribution in [0.15, 0.2) is 49.0 Å². The maximum atomic E-state index is 13.6. The Morgan fingerprint density at radius 1 is 1.17 bits per heavy atom. The monoisotopic (exact) mass is 404 g/mol. The normalized spacial score (nSPS) is 11.5. The summed E-state index contributed by atoms with van der Waals surface area (Å²) in [6, 6.07) is 9.82. The molecule has 0 atom stereocenters. The number of benzene rings is 2. The van der Waals surface area contributed by atoms with Crippen molar-refractivity contribution in [3.8, 4) is 16.9 Å². The smallest absolute Gasteiger partial charge is 0.417 e. The molecule has 0 aliphatic heterocycles. The third-order valence-electron chi connectivity index (χ3n) is 4.48. The average molecular weight is 404 g/mol. The number of fused-ring (bicyclic) bond motifs is 1. The molecular formula is C20H15F3N2O4. The van der Waals surface area contributed by atoms with Gasteiger partial charge in [-0.15, -0.1) is 0 Å². The Bertz CT molecular complexity index is 1150. The molecule has 1 heterocycles. The van der Waals surface area contributed by atoms with Gasteiger partial charge >= 0.3 is 6.18 Å². The summed E-state index contributed by atoms with van der Waals surface area (Å²) in [7, 11) is 1.45. The van der Waals surface area contributed by atoms with E-state index >= 15 is 0 Å². The van der Waals surface area contributed by atoms with Crippen LogP contribution in [0.5, 0.6) is 5.75 Å². The van der Waals surface area contributed by atoms with E-state index in [0.717, 1.165) is 17.6 Å². The SMILES string of the molecule is C=C(c1c(-c2ccc(OC)cc2)c2ccc([N+](=O)[O-])cc2n1C(C)=O)C(F)(F)F. The minimum atomic E-state index is -4.81. The van der Waals surface area contributed by atoms with E-state index in [4.69, 9.17) is 4.74 Å². The number of nitro groups is 1. The number of rotatable bonds is 4. The van der Waals surface area contributed by atoms with Crippen LogP contribution in [0.25, 0.3) is 27.6 Å². The summed E-state index contributed by atoms with van der Waals surface area (Å²) in [6.45, 7) is 4.24. The number of non-ortho nitro benzene ring substituents is 1. The Hall–Kier alpha value is -3.62. The first-order chi connectivity index (χ1) is 13.6. The number of carbonyl (C=O) groups is 1. The minimum absolute atomic E-state index is 0.00193. The average Bonchev–Trinajstić information content (AvgIpc) is 3.00. The molecule has 0 spiro atoms. The van der Waals surface area contributed by atoms with Crippen LogP contribution in [-0.4, -0.2) is 28.7 Å². The van der Waals surface area contributed by atoms with Gasteiger partial charge in [-0.25, -0.2) is 0 Å². The van der Waals surface area contributed by atoms with Crippen LogP contribution in [0.1, 0.15) is 17.4 Å². The predicted octanol–water partition coefficient (Wildman–Crippen LogP) is 5.46. The summed E-state index contributed by atoms with van der Waals surface area (Å²) in [5.74, 6) is -0.230. The maximum Gasteiger partial charge on any atom is 0.417 e. The number of nitro benzene ring substituents is 1. The van der Waals surface area contributed by atoms with E-state index in [1.807, 2.05) is 0 Å². The van der Waals surface area contributed by atoms with E-state index < -0.39 is 28.3 Å². The molecule has 0 saturated carbocycles. The lowest BCUT2D eigenvalue weighted by Crippen LogP contribution is -2.17. The van der Waals surface area contributed by atoms with Crippen LogP contribution < -0.4 is 4.74 Å². The molecule has 0 amide bonds. The van der Waals surface area contributed by atoms with Crippen LogP contribution in [0.2, 0.25) is 0 Å². The number of hydrogen-bond donors (Lipinski definition) is 0. The van der Waals surface area contributed by atoms with Crippen molar-refractivity contribution in [3.63, 3.8) is 0 Å². The summed E-state index contributed by atoms with van der Waals surface area (Å²) in [5.41, 5.74) is -1.54. The van der Waals surface area contributed by atoms with E-state index in [0.29, 0.717) is 11.3 Å². The molecule has 0 bridgehead atoms. The van der Waals surface area contributed by atoms with Crippen LogP contribution >= 0.6 is 0 Å². The van der Waals surface area contributed by atoms with Gasteiger partial charge < -0.3 is 4.74 Å². The fraction of sp³-hybridized carbons (Fsp3) is 0.150. The lowest BCUT2D eigenvalue weighted by atomic mass is 9.98. The Morgan fingerprint density at radius 2 is 1.79 bits per heavy atom. The Morgan fingerprint density at radius 3 is 2.28 bits per heavy atom. The highest BCUT2D eigenvalue weighted by Gasteiger charge is 2.38. The molecule has 0 N–H and O–H groups in total. The molecule has 3 rings (SSSR count). The van der Waals surface area contributed by atoms with Gasteiger partial charge in [0.15, 0.2) is 0 Å². The van der Waals surface area contributed by atoms with Crippen molar-refractivity contribution in [1.82, 2.24) is 4.57 Å². The van der Waals surface area contributed by atoms with E-state index in [1.165, 1.54) is 19.2 Å². The first-order valence-corrected chi connectivity index (χ1v) is 8.31. The van der Waals surface area contributed by atoms with Crippen molar-refractivity contribution in [3.05, 3.63) is 64.9 Å². The van der Waals surface area contributed by atoms with E-state index in [9.17, 15) is 28.1 Å². The molecule has 0 fully saturated rings. The van der Waals surface area contributed by atoms with Gasteiger partial charge in [0.25, 0.3) is 5.69 Å². The first-order valence-electron chi connectivity index (χ1n) is 8.31. The number of nitrogens with zero attached hydrogens (tertiary/aromatic N) is 2. The number of allylic oxidation sites excluding steroid dienone is 1. The summed E-state index contributed by atoms with van der Waals surface area (Å²) < 4.78 is 46.6. The Kier molecular flexibility index (Phi) is 4.91. The highest BCUT2D eigenvalue weighted by atomic mass is 19.4. The Labute approximate surface area is 163 Å². The predicted molar refractivity (Wildman–Crippen MR) is 102 cm³/mol. The van der Waals surface area contributed by atoms with E-state index in [-0.39, 0.29) is 22.2 Å². The molecule has 0 radical (unpaired) electrons. The zero-order chi connectivity index (χ0) is 21.5. The molecule has 29 heavy (non-hydrogen) atoms. The van der Waals surface area contributed by atoms with Crippen LogP contribution in [0.4, 0.5) is 18.9 Å². The first kappa shape index (κ1) is 20.1. The number of halogens is 3. The summed E-state index contributed by atoms with van der Waals surface area (Å²) in [5, 5.41) is 11.4. The topological polar surface area (TPSA) is 74.4 Å². The molecule has 0 unspecified atom stereocenters. The standard InChI is InChI=1S/C20H15F3N2O4/c1-11(20(21,22)23)19-18(13-4-7-15(29-3)8-5-13)16-9-6-14(25(27)28)10-17(16)24(19)12(2)26/h4-10H,1H2,2-3H3. The Balaban J connectivity index is 2.47. The molecule has 6 nitrogen and oxygen atoms in total. The molecule has 150 valence electrons. The fourth-order valence-corrected chi connectivity index (χ4v) is 3.19. The van der Waals surface area contributed by atoms with Crippen LogP contribution in [-0.2, 0) is 0 Å². The zero-order valence-electron chi connectivity index (χ0n) is 15.4. The van der Waals surface area contributed by atoms with Gasteiger partial charge in [-0.05, 0) is 23.8 Å². The van der Waals surface area contributed by atoms with Gasteiger partial charge in [0.1, 0.15) is 5.75 Å². The van der Waals surface area contributed by atoms with Crippen molar-refractivity contribution in [2.45, 2.75) is 13.1 Å². The van der Waals surface area contributed by atoms with Gasteiger partial charge in [0, 0.05) is 30.0 Å². The summed E-state index contributed by atoms with van der Waals surface area (Å²) in [6.07, 6.45) is -4.81. The van der Waals surface area contributed by atoms with Crippen molar-refractivity contribution in [2.75, 3.05) is 7.11 Å². The molecule has 2 aromatic carbocycles. The van der Waals surface area contributed by atoms with Gasteiger partial charge in [-0.1, -0.05) is 18.7 Å². The molecule has 9 heteroatoms. The number of hydrogen-bond acceptors (Lipinski definition) is 4. The second-order valence-electron chi connectivity index (χ2n) is 6.24. The highest BCUT2D eigenvalue weighted by Crippen LogP contribution is 2.44. The second-order valence-corrected chi connectivity index (χ2v) is 6.24. The fourth-order valence-electron chi connectivity index (χ4n) is 3.19. The molecule has 3 aromatic rings. The van der Waals surface area contributed by atoms with Crippen molar-refractivity contribution in [2.24, 2.45) is 0 Å². The molecule has 0 saturated heterocycles. The molecule has 1 aromatic heterocycles. The lowest BCUT2D eigenvalue weighted by Gasteiger charge is -2.15. The van der Waals surface area contributed by atoms with Gasteiger partial charge in [-0.3, -0.25) is 19.5 Å². The highest BCUT2D eigenvalue weighted by molar-refractivity contribution is 6.08. The van der Waals surface area contributed by atoms with Gasteiger partial charge in [0.2, 0.25) is 5.91 Å². The zero-order valence-corrected chi connectivity index (χ0v) is 15.4. The second kappa shape index (κ2) is 7.08. The summed E-state index contributed by atoms with van der Waals surface area (Å²) >= 11 is 0. The molecular weight excluding hydrogens is 389 g/mol. The minimum Gasteiger partial charge on any atom is -0.497 e. The molecule has 0 aliphatic rings. The maximum absolute atomic E-state index is 13.6. The van der Waals surface area contributed by atoms with E-state index in [2.05, 4.69) is 6.58 Å².